The predicted molar refractivity (Wildman–Crippen MR) is 218 cm³/mol. The van der Waals surface area contributed by atoms with Gasteiger partial charge >= 0.3 is 0 Å². The third-order valence-corrected chi connectivity index (χ3v) is 10.7. The molecule has 1 N–H and O–H groups in total. The van der Waals surface area contributed by atoms with Gasteiger partial charge in [-0.1, -0.05) is 218 Å². The van der Waals surface area contributed by atoms with Crippen molar-refractivity contribution in [3.05, 3.63) is 24.3 Å². The van der Waals surface area contributed by atoms with Crippen LogP contribution >= 0.6 is 0 Å². The summed E-state index contributed by atoms with van der Waals surface area (Å²) in [6, 6.07) is 0. The molecule has 1 heteroatoms. The summed E-state index contributed by atoms with van der Waals surface area (Å²) in [5.74, 6) is 0.902. The van der Waals surface area contributed by atoms with E-state index in [1.54, 1.807) is 5.57 Å². The van der Waals surface area contributed by atoms with Crippen molar-refractivity contribution in [2.75, 3.05) is 13.1 Å². The van der Waals surface area contributed by atoms with Crippen LogP contribution in [0.1, 0.15) is 252 Å². The van der Waals surface area contributed by atoms with Gasteiger partial charge in [-0.15, -0.1) is 0 Å². The first kappa shape index (κ1) is 46.4. The molecule has 0 aliphatic carbocycles. The van der Waals surface area contributed by atoms with Crippen molar-refractivity contribution in [3.8, 4) is 0 Å². The van der Waals surface area contributed by atoms with E-state index in [1.807, 2.05) is 0 Å². The summed E-state index contributed by atoms with van der Waals surface area (Å²) in [6.45, 7) is 18.3. The summed E-state index contributed by atoms with van der Waals surface area (Å²) in [4.78, 5) is 0. The third kappa shape index (κ3) is 38.1. The Morgan fingerprint density at radius 3 is 1.06 bits per heavy atom. The van der Waals surface area contributed by atoms with Crippen LogP contribution in [0.15, 0.2) is 24.3 Å². The molecule has 280 valence electrons. The van der Waals surface area contributed by atoms with Gasteiger partial charge in [0.2, 0.25) is 0 Å². The maximum Gasteiger partial charge on any atom is -0.00489 e. The first-order valence-electron chi connectivity index (χ1n) is 22.2. The lowest BCUT2D eigenvalue weighted by molar-refractivity contribution is 0.396. The molecule has 0 saturated carbocycles. The molecule has 0 aliphatic rings. The molecule has 0 aliphatic heterocycles. The van der Waals surface area contributed by atoms with Crippen LogP contribution in [-0.4, -0.2) is 13.1 Å². The van der Waals surface area contributed by atoms with E-state index in [4.69, 9.17) is 0 Å². The zero-order chi connectivity index (χ0) is 34.3. The van der Waals surface area contributed by atoms with Crippen molar-refractivity contribution < 1.29 is 0 Å². The summed E-state index contributed by atoms with van der Waals surface area (Å²) in [6.07, 6.45) is 50.3. The van der Waals surface area contributed by atoms with E-state index in [-0.39, 0.29) is 0 Å². The van der Waals surface area contributed by atoms with Gasteiger partial charge in [-0.25, -0.2) is 0 Å². The summed E-state index contributed by atoms with van der Waals surface area (Å²) < 4.78 is 0. The summed E-state index contributed by atoms with van der Waals surface area (Å²) in [7, 11) is 0. The van der Waals surface area contributed by atoms with Gasteiger partial charge in [-0.2, -0.15) is 0 Å². The highest BCUT2D eigenvalue weighted by Crippen LogP contribution is 2.27. The minimum absolute atomic E-state index is 0.902. The van der Waals surface area contributed by atoms with Crippen molar-refractivity contribution in [1.82, 2.24) is 5.32 Å². The molecule has 0 amide bonds. The van der Waals surface area contributed by atoms with Crippen molar-refractivity contribution in [2.45, 2.75) is 252 Å². The smallest absolute Gasteiger partial charge is 0.00489 e. The van der Waals surface area contributed by atoms with Crippen LogP contribution in [0.5, 0.6) is 0 Å². The molecule has 1 nitrogen and oxygen atoms in total. The molecule has 0 aromatic carbocycles. The molecule has 0 aromatic heterocycles. The van der Waals surface area contributed by atoms with Crippen LogP contribution in [0.25, 0.3) is 0 Å². The molecule has 0 fully saturated rings. The molecule has 0 unspecified atom stereocenters. The zero-order valence-corrected chi connectivity index (χ0v) is 33.4. The maximum atomic E-state index is 4.55. The Hall–Kier alpha value is -0.560. The number of rotatable bonds is 41. The maximum absolute atomic E-state index is 4.55. The first-order valence-corrected chi connectivity index (χ1v) is 22.2. The van der Waals surface area contributed by atoms with Crippen molar-refractivity contribution >= 4 is 0 Å². The second-order valence-corrected chi connectivity index (χ2v) is 15.7. The Morgan fingerprint density at radius 2 is 0.660 bits per heavy atom. The second-order valence-electron chi connectivity index (χ2n) is 15.7. The number of hydrogen-bond acceptors (Lipinski definition) is 1. The largest absolute Gasteiger partial charge is 0.317 e. The summed E-state index contributed by atoms with van der Waals surface area (Å²) in [5.41, 5.74) is 3.05. The molecule has 0 radical (unpaired) electrons. The highest BCUT2D eigenvalue weighted by Gasteiger charge is 2.11. The standard InChI is InChI=1S/C46H91N/c1-6-9-12-15-18-19-20-21-23-29-36-44(4)37-31-28-35-42-47-41-34-27-22-24-30-38-45(5)43-46(39-32-25-16-13-10-7-2)40-33-26-17-14-11-8-3/h46-47H,4-43H2,1-3H3. The highest BCUT2D eigenvalue weighted by molar-refractivity contribution is 4.96. The molecule has 0 saturated heterocycles. The number of hydrogen-bond donors (Lipinski definition) is 1. The monoisotopic (exact) mass is 658 g/mol. The van der Waals surface area contributed by atoms with Crippen molar-refractivity contribution in [1.29, 1.82) is 0 Å². The molecule has 0 aromatic rings. The van der Waals surface area contributed by atoms with Crippen LogP contribution in [0.3, 0.4) is 0 Å². The summed E-state index contributed by atoms with van der Waals surface area (Å²) >= 11 is 0. The SMILES string of the molecule is C=C(CCCCCCCCCCCC)CCCCCNCCCCCCCC(=C)CC(CCCCCCCC)CCCCCCCC. The fourth-order valence-electron chi connectivity index (χ4n) is 7.36. The van der Waals surface area contributed by atoms with Crippen LogP contribution in [-0.2, 0) is 0 Å². The average molecular weight is 658 g/mol. The molecule has 0 rings (SSSR count). The van der Waals surface area contributed by atoms with Gasteiger partial charge in [0.1, 0.15) is 0 Å². The van der Waals surface area contributed by atoms with E-state index in [0.29, 0.717) is 0 Å². The van der Waals surface area contributed by atoms with Crippen LogP contribution in [0, 0.1) is 5.92 Å². The predicted octanol–water partition coefficient (Wildman–Crippen LogP) is 16.4. The average Bonchev–Trinajstić information content (AvgIpc) is 3.07. The van der Waals surface area contributed by atoms with Gasteiger partial charge in [0.25, 0.3) is 0 Å². The minimum Gasteiger partial charge on any atom is -0.317 e. The lowest BCUT2D eigenvalue weighted by atomic mass is 9.87. The van der Waals surface area contributed by atoms with Crippen LogP contribution in [0.4, 0.5) is 0 Å². The Labute approximate surface area is 299 Å². The van der Waals surface area contributed by atoms with Gasteiger partial charge in [0.05, 0.1) is 0 Å². The van der Waals surface area contributed by atoms with E-state index in [0.717, 1.165) is 5.92 Å². The molecule has 47 heavy (non-hydrogen) atoms. The highest BCUT2D eigenvalue weighted by atomic mass is 14.8. The Bertz CT molecular complexity index is 605. The van der Waals surface area contributed by atoms with Gasteiger partial charge in [0.15, 0.2) is 0 Å². The Balaban J connectivity index is 3.65. The van der Waals surface area contributed by atoms with E-state index >= 15 is 0 Å². The molecule has 0 spiro atoms. The quantitative estimate of drug-likeness (QED) is 0.0509. The van der Waals surface area contributed by atoms with Crippen LogP contribution in [0.2, 0.25) is 0 Å². The molecule has 0 bridgehead atoms. The lowest BCUT2D eigenvalue weighted by Crippen LogP contribution is -2.16. The van der Waals surface area contributed by atoms with E-state index in [1.165, 1.54) is 250 Å². The number of allylic oxidation sites excluding steroid dienone is 2. The number of unbranched alkanes of at least 4 members (excludes halogenated alkanes) is 25. The van der Waals surface area contributed by atoms with Crippen molar-refractivity contribution in [2.24, 2.45) is 5.92 Å². The Kier molecular flexibility index (Phi) is 39.4. The van der Waals surface area contributed by atoms with Gasteiger partial charge in [-0.05, 0) is 76.8 Å². The second kappa shape index (κ2) is 39.9. The molecular formula is C46H91N. The van der Waals surface area contributed by atoms with Gasteiger partial charge in [0, 0.05) is 0 Å². The molecular weight excluding hydrogens is 567 g/mol. The summed E-state index contributed by atoms with van der Waals surface area (Å²) in [5, 5.41) is 3.70. The minimum atomic E-state index is 0.902. The fraction of sp³-hybridized carbons (Fsp3) is 0.913. The van der Waals surface area contributed by atoms with E-state index in [9.17, 15) is 0 Å². The molecule has 0 atom stereocenters. The third-order valence-electron chi connectivity index (χ3n) is 10.7. The number of nitrogens with one attached hydrogen (secondary N) is 1. The molecule has 0 heterocycles. The normalized spacial score (nSPS) is 11.6. The van der Waals surface area contributed by atoms with Gasteiger partial charge in [-0.3, -0.25) is 0 Å². The fourth-order valence-corrected chi connectivity index (χ4v) is 7.36. The van der Waals surface area contributed by atoms with E-state index in [2.05, 4.69) is 39.2 Å². The van der Waals surface area contributed by atoms with Gasteiger partial charge < -0.3 is 5.32 Å². The van der Waals surface area contributed by atoms with Crippen molar-refractivity contribution in [3.63, 3.8) is 0 Å². The van der Waals surface area contributed by atoms with E-state index < -0.39 is 0 Å². The lowest BCUT2D eigenvalue weighted by Gasteiger charge is -2.19. The topological polar surface area (TPSA) is 12.0 Å². The zero-order valence-electron chi connectivity index (χ0n) is 33.4. The Morgan fingerprint density at radius 1 is 0.362 bits per heavy atom. The first-order chi connectivity index (χ1) is 23.1. The van der Waals surface area contributed by atoms with Crippen LogP contribution < -0.4 is 5.32 Å².